The number of nitrogens with one attached hydrogen (secondary N) is 1. The standard InChI is InChI=1S/C34H31N3O6S.ClH/c1-23-19-28(27-8-6-25(7-9-27)26-10-12-29(42-2)13-11-26)20-32(34(38)36-39)33(23)37(22-24-5-4-18-35-21-24)44(40,41)31-16-14-30(43-3)15-17-31;/h4-21,39H,22H2,1-3H3,(H,36,38);1H. The Morgan fingerprint density at radius 1 is 0.822 bits per heavy atom. The Morgan fingerprint density at radius 2 is 1.36 bits per heavy atom. The van der Waals surface area contributed by atoms with Gasteiger partial charge in [0.15, 0.2) is 0 Å². The number of nitrogens with zero attached hydrogens (tertiary/aromatic N) is 2. The number of anilines is 1. The van der Waals surface area contributed by atoms with Crippen molar-refractivity contribution in [1.82, 2.24) is 10.5 Å². The molecule has 11 heteroatoms. The third kappa shape index (κ3) is 7.09. The smallest absolute Gasteiger partial charge is 0.276 e. The molecule has 9 nitrogen and oxygen atoms in total. The summed E-state index contributed by atoms with van der Waals surface area (Å²) in [6.45, 7) is 1.63. The Kier molecular flexibility index (Phi) is 10.5. The Labute approximate surface area is 268 Å². The van der Waals surface area contributed by atoms with Crippen molar-refractivity contribution in [2.45, 2.75) is 18.4 Å². The molecule has 0 unspecified atom stereocenters. The number of halogens is 1. The van der Waals surface area contributed by atoms with Crippen LogP contribution in [0.15, 0.2) is 114 Å². The number of pyridine rings is 1. The van der Waals surface area contributed by atoms with Crippen LogP contribution in [0.3, 0.4) is 0 Å². The van der Waals surface area contributed by atoms with Gasteiger partial charge in [-0.1, -0.05) is 42.5 Å². The normalized spacial score (nSPS) is 10.8. The monoisotopic (exact) mass is 645 g/mol. The lowest BCUT2D eigenvalue weighted by atomic mass is 9.96. The van der Waals surface area contributed by atoms with Crippen LogP contribution in [-0.2, 0) is 16.6 Å². The van der Waals surface area contributed by atoms with E-state index in [1.165, 1.54) is 23.5 Å². The number of methoxy groups -OCH3 is 2. The van der Waals surface area contributed by atoms with E-state index in [0.29, 0.717) is 22.4 Å². The topological polar surface area (TPSA) is 118 Å². The molecular formula is C34H32ClN3O6S. The molecule has 232 valence electrons. The number of hydrogen-bond donors (Lipinski definition) is 2. The van der Waals surface area contributed by atoms with Gasteiger partial charge in [-0.3, -0.25) is 19.3 Å². The van der Waals surface area contributed by atoms with E-state index in [1.54, 1.807) is 62.2 Å². The molecular weight excluding hydrogens is 614 g/mol. The molecule has 1 aromatic heterocycles. The molecule has 0 radical (unpaired) electrons. The minimum atomic E-state index is -4.20. The fourth-order valence-corrected chi connectivity index (χ4v) is 6.50. The summed E-state index contributed by atoms with van der Waals surface area (Å²) in [4.78, 5) is 17.3. The first-order valence-corrected chi connectivity index (χ1v) is 15.1. The maximum atomic E-state index is 14.2. The molecule has 4 aromatic carbocycles. The van der Waals surface area contributed by atoms with Gasteiger partial charge in [0, 0.05) is 12.4 Å². The highest BCUT2D eigenvalue weighted by Gasteiger charge is 2.31. The number of carbonyl (C=O) groups excluding carboxylic acids is 1. The SMILES string of the molecule is COc1ccc(-c2ccc(-c3cc(C)c(N(Cc4cccnc4)S(=O)(=O)c4ccc(OC)cc4)c(C(=O)NO)c3)cc2)cc1.Cl. The summed E-state index contributed by atoms with van der Waals surface area (Å²) in [5.41, 5.74) is 6.43. The molecule has 0 aliphatic carbocycles. The summed E-state index contributed by atoms with van der Waals surface area (Å²) in [7, 11) is -1.09. The minimum Gasteiger partial charge on any atom is -0.497 e. The second-order valence-electron chi connectivity index (χ2n) is 9.98. The third-order valence-electron chi connectivity index (χ3n) is 7.23. The molecule has 5 aromatic rings. The molecule has 0 spiro atoms. The van der Waals surface area contributed by atoms with Crippen molar-refractivity contribution in [2.24, 2.45) is 0 Å². The van der Waals surface area contributed by atoms with Crippen LogP contribution in [0.4, 0.5) is 5.69 Å². The first-order chi connectivity index (χ1) is 21.2. The van der Waals surface area contributed by atoms with Gasteiger partial charge in [-0.05, 0) is 94.9 Å². The van der Waals surface area contributed by atoms with Crippen molar-refractivity contribution in [2.75, 3.05) is 18.5 Å². The van der Waals surface area contributed by atoms with Crippen LogP contribution in [0.2, 0.25) is 0 Å². The third-order valence-corrected chi connectivity index (χ3v) is 8.99. The van der Waals surface area contributed by atoms with E-state index in [-0.39, 0.29) is 35.1 Å². The van der Waals surface area contributed by atoms with Crippen molar-refractivity contribution in [3.63, 3.8) is 0 Å². The number of aryl methyl sites for hydroxylation is 1. The van der Waals surface area contributed by atoms with Crippen LogP contribution >= 0.6 is 12.4 Å². The van der Waals surface area contributed by atoms with E-state index >= 15 is 0 Å². The number of rotatable bonds is 10. The van der Waals surface area contributed by atoms with Crippen molar-refractivity contribution >= 4 is 34.0 Å². The van der Waals surface area contributed by atoms with Crippen molar-refractivity contribution < 1.29 is 27.9 Å². The largest absolute Gasteiger partial charge is 0.497 e. The number of aromatic nitrogens is 1. The number of hydroxylamine groups is 1. The van der Waals surface area contributed by atoms with Crippen LogP contribution in [0.25, 0.3) is 22.3 Å². The maximum absolute atomic E-state index is 14.2. The quantitative estimate of drug-likeness (QED) is 0.129. The number of hydrogen-bond acceptors (Lipinski definition) is 7. The summed E-state index contributed by atoms with van der Waals surface area (Å²) in [6.07, 6.45) is 3.16. The summed E-state index contributed by atoms with van der Waals surface area (Å²) >= 11 is 0. The first-order valence-electron chi connectivity index (χ1n) is 13.6. The molecule has 0 atom stereocenters. The average Bonchev–Trinajstić information content (AvgIpc) is 3.07. The van der Waals surface area contributed by atoms with Gasteiger partial charge in [0.2, 0.25) is 0 Å². The van der Waals surface area contributed by atoms with E-state index < -0.39 is 15.9 Å². The van der Waals surface area contributed by atoms with Crippen molar-refractivity contribution in [3.05, 3.63) is 126 Å². The van der Waals surface area contributed by atoms with Gasteiger partial charge in [0.1, 0.15) is 11.5 Å². The number of sulfonamides is 1. The molecule has 2 N–H and O–H groups in total. The van der Waals surface area contributed by atoms with E-state index in [0.717, 1.165) is 22.4 Å². The molecule has 0 bridgehead atoms. The van der Waals surface area contributed by atoms with Gasteiger partial charge in [-0.25, -0.2) is 13.9 Å². The average molecular weight is 646 g/mol. The summed E-state index contributed by atoms with van der Waals surface area (Å²) in [6, 6.07) is 28.4. The van der Waals surface area contributed by atoms with Crippen LogP contribution in [0.1, 0.15) is 21.5 Å². The van der Waals surface area contributed by atoms with Crippen LogP contribution in [0.5, 0.6) is 11.5 Å². The molecule has 1 heterocycles. The van der Waals surface area contributed by atoms with Gasteiger partial charge in [0.05, 0.1) is 36.9 Å². The second-order valence-corrected chi connectivity index (χ2v) is 11.8. The van der Waals surface area contributed by atoms with Gasteiger partial charge in [0.25, 0.3) is 15.9 Å². The summed E-state index contributed by atoms with van der Waals surface area (Å²) in [5, 5.41) is 9.71. The predicted octanol–water partition coefficient (Wildman–Crippen LogP) is 6.68. The molecule has 5 rings (SSSR count). The zero-order chi connectivity index (χ0) is 31.3. The second kappa shape index (κ2) is 14.3. The predicted molar refractivity (Wildman–Crippen MR) is 176 cm³/mol. The molecule has 1 amide bonds. The molecule has 0 fully saturated rings. The Hall–Kier alpha value is -4.90. The van der Waals surface area contributed by atoms with Gasteiger partial charge in [-0.2, -0.15) is 0 Å². The zero-order valence-corrected chi connectivity index (χ0v) is 26.4. The Balaban J connectivity index is 0.00000461. The summed E-state index contributed by atoms with van der Waals surface area (Å²) < 4.78 is 40.0. The number of benzene rings is 4. The zero-order valence-electron chi connectivity index (χ0n) is 24.8. The molecule has 0 aliphatic heterocycles. The van der Waals surface area contributed by atoms with Crippen molar-refractivity contribution in [3.8, 4) is 33.8 Å². The molecule has 0 aliphatic rings. The van der Waals surface area contributed by atoms with Gasteiger partial charge in [-0.15, -0.1) is 12.4 Å². The Bertz CT molecular complexity index is 1870. The van der Waals surface area contributed by atoms with Gasteiger partial charge >= 0.3 is 0 Å². The molecule has 0 saturated heterocycles. The van der Waals surface area contributed by atoms with Gasteiger partial charge < -0.3 is 9.47 Å². The lowest BCUT2D eigenvalue weighted by Gasteiger charge is -2.28. The minimum absolute atomic E-state index is 0. The van der Waals surface area contributed by atoms with Crippen LogP contribution in [0, 0.1) is 6.92 Å². The van der Waals surface area contributed by atoms with Crippen LogP contribution in [-0.4, -0.2) is 38.7 Å². The van der Waals surface area contributed by atoms with Crippen LogP contribution < -0.4 is 19.3 Å². The van der Waals surface area contributed by atoms with E-state index in [1.807, 2.05) is 54.6 Å². The maximum Gasteiger partial charge on any atom is 0.276 e. The van der Waals surface area contributed by atoms with Crippen molar-refractivity contribution in [1.29, 1.82) is 0 Å². The fraction of sp³-hybridized carbons (Fsp3) is 0.118. The highest BCUT2D eigenvalue weighted by atomic mass is 35.5. The lowest BCUT2D eigenvalue weighted by Crippen LogP contribution is -2.34. The highest BCUT2D eigenvalue weighted by molar-refractivity contribution is 7.92. The van der Waals surface area contributed by atoms with E-state index in [9.17, 15) is 18.4 Å². The summed E-state index contributed by atoms with van der Waals surface area (Å²) in [5.74, 6) is 0.421. The number of amides is 1. The first kappa shape index (κ1) is 33.0. The molecule has 0 saturated carbocycles. The highest BCUT2D eigenvalue weighted by Crippen LogP contribution is 2.37. The number of ether oxygens (including phenoxy) is 2. The Morgan fingerprint density at radius 3 is 1.87 bits per heavy atom. The lowest BCUT2D eigenvalue weighted by molar-refractivity contribution is 0.0707. The van der Waals surface area contributed by atoms with E-state index in [4.69, 9.17) is 9.47 Å². The van der Waals surface area contributed by atoms with E-state index in [2.05, 4.69) is 4.98 Å². The molecule has 45 heavy (non-hydrogen) atoms. The number of carbonyl (C=O) groups is 1. The fourth-order valence-electron chi connectivity index (χ4n) is 4.97.